The minimum absolute atomic E-state index is 0.0475. The number of benzene rings is 3. The van der Waals surface area contributed by atoms with Crippen LogP contribution in [0.3, 0.4) is 0 Å². The van der Waals surface area contributed by atoms with Gasteiger partial charge in [-0.05, 0) is 33.4 Å². The summed E-state index contributed by atoms with van der Waals surface area (Å²) < 4.78 is 0.382. The van der Waals surface area contributed by atoms with Gasteiger partial charge in [0.25, 0.3) is 11.6 Å². The molecule has 0 atom stereocenters. The molecule has 7 nitrogen and oxygen atoms in total. The van der Waals surface area contributed by atoms with Gasteiger partial charge in [0.05, 0.1) is 22.2 Å². The number of amides is 1. The van der Waals surface area contributed by atoms with Crippen LogP contribution >= 0.6 is 15.9 Å². The molecule has 0 saturated heterocycles. The third kappa shape index (κ3) is 4.68. The van der Waals surface area contributed by atoms with Crippen molar-refractivity contribution >= 4 is 50.2 Å². The second kappa shape index (κ2) is 8.41. The molecule has 0 bridgehead atoms. The van der Waals surface area contributed by atoms with Crippen LogP contribution < -0.4 is 10.7 Å². The molecule has 0 unspecified atom stereocenters. The van der Waals surface area contributed by atoms with E-state index in [1.807, 2.05) is 42.5 Å². The Morgan fingerprint density at radius 3 is 2.74 bits per heavy atom. The summed E-state index contributed by atoms with van der Waals surface area (Å²) in [5, 5.41) is 20.0. The molecule has 0 aliphatic heterocycles. The zero-order chi connectivity index (χ0) is 19.2. The fraction of sp³-hybridized carbons (Fsp3) is 0.0526. The van der Waals surface area contributed by atoms with E-state index in [-0.39, 0.29) is 18.1 Å². The van der Waals surface area contributed by atoms with Crippen molar-refractivity contribution in [1.82, 2.24) is 5.43 Å². The third-order valence-corrected chi connectivity index (χ3v) is 4.47. The van der Waals surface area contributed by atoms with Gasteiger partial charge in [-0.2, -0.15) is 5.10 Å². The van der Waals surface area contributed by atoms with Crippen LogP contribution in [0.5, 0.6) is 0 Å². The monoisotopic (exact) mass is 426 g/mol. The number of hydrazone groups is 1. The van der Waals surface area contributed by atoms with E-state index in [9.17, 15) is 14.9 Å². The standard InChI is InChI=1S/C19H15BrN4O3/c20-16-9-8-13(10-18(16)24(26)27)11-22-23-19(25)12-21-17-7-3-5-14-4-1-2-6-15(14)17/h1-11,21H,12H2,(H,23,25)/b22-11-. The first-order chi connectivity index (χ1) is 13.0. The summed E-state index contributed by atoms with van der Waals surface area (Å²) in [4.78, 5) is 22.4. The van der Waals surface area contributed by atoms with Gasteiger partial charge in [0.1, 0.15) is 0 Å². The van der Waals surface area contributed by atoms with Crippen molar-refractivity contribution in [3.63, 3.8) is 0 Å². The number of carbonyl (C=O) groups excluding carboxylic acids is 1. The molecule has 3 rings (SSSR count). The quantitative estimate of drug-likeness (QED) is 0.352. The van der Waals surface area contributed by atoms with Crippen LogP contribution in [0.1, 0.15) is 5.56 Å². The molecule has 3 aromatic rings. The number of nitrogens with zero attached hydrogens (tertiary/aromatic N) is 2. The Bertz CT molecular complexity index is 1030. The number of nitro benzene ring substituents is 1. The van der Waals surface area contributed by atoms with Gasteiger partial charge in [0, 0.05) is 22.7 Å². The molecule has 0 saturated carbocycles. The molecule has 0 spiro atoms. The molecule has 2 N–H and O–H groups in total. The number of nitrogens with one attached hydrogen (secondary N) is 2. The SMILES string of the molecule is O=C(CNc1cccc2ccccc12)N/N=C\c1ccc(Br)c([N+](=O)[O-])c1. The average molecular weight is 427 g/mol. The smallest absolute Gasteiger partial charge is 0.284 e. The highest BCUT2D eigenvalue weighted by atomic mass is 79.9. The first-order valence-electron chi connectivity index (χ1n) is 8.02. The fourth-order valence-electron chi connectivity index (χ4n) is 2.52. The minimum atomic E-state index is -0.492. The van der Waals surface area contributed by atoms with Gasteiger partial charge < -0.3 is 5.32 Å². The Balaban J connectivity index is 1.59. The lowest BCUT2D eigenvalue weighted by molar-refractivity contribution is -0.385. The zero-order valence-electron chi connectivity index (χ0n) is 14.1. The Morgan fingerprint density at radius 1 is 1.15 bits per heavy atom. The largest absolute Gasteiger partial charge is 0.376 e. The maximum Gasteiger partial charge on any atom is 0.284 e. The first-order valence-corrected chi connectivity index (χ1v) is 8.81. The van der Waals surface area contributed by atoms with Crippen LogP contribution in [-0.2, 0) is 4.79 Å². The number of nitro groups is 1. The van der Waals surface area contributed by atoms with Gasteiger partial charge in [-0.25, -0.2) is 5.43 Å². The van der Waals surface area contributed by atoms with E-state index in [2.05, 4.69) is 31.8 Å². The molecule has 0 aromatic heterocycles. The van der Waals surface area contributed by atoms with Crippen LogP contribution in [0.15, 0.2) is 70.2 Å². The van der Waals surface area contributed by atoms with E-state index < -0.39 is 4.92 Å². The molecular formula is C19H15BrN4O3. The Kier molecular flexibility index (Phi) is 5.77. The van der Waals surface area contributed by atoms with Crippen molar-refractivity contribution < 1.29 is 9.72 Å². The summed E-state index contributed by atoms with van der Waals surface area (Å²) in [7, 11) is 0. The van der Waals surface area contributed by atoms with E-state index in [4.69, 9.17) is 0 Å². The molecule has 1 amide bonds. The van der Waals surface area contributed by atoms with E-state index in [0.29, 0.717) is 10.0 Å². The van der Waals surface area contributed by atoms with Gasteiger partial charge >= 0.3 is 0 Å². The first kappa shape index (κ1) is 18.5. The highest BCUT2D eigenvalue weighted by Gasteiger charge is 2.11. The number of rotatable bonds is 6. The van der Waals surface area contributed by atoms with Gasteiger partial charge in [-0.3, -0.25) is 14.9 Å². The topological polar surface area (TPSA) is 96.6 Å². The van der Waals surface area contributed by atoms with E-state index in [0.717, 1.165) is 16.5 Å². The maximum absolute atomic E-state index is 12.0. The molecule has 3 aromatic carbocycles. The Morgan fingerprint density at radius 2 is 1.93 bits per heavy atom. The van der Waals surface area contributed by atoms with E-state index >= 15 is 0 Å². The molecule has 27 heavy (non-hydrogen) atoms. The number of anilines is 1. The van der Waals surface area contributed by atoms with Crippen molar-refractivity contribution in [3.05, 3.63) is 80.8 Å². The van der Waals surface area contributed by atoms with Gasteiger partial charge in [0.2, 0.25) is 0 Å². The predicted octanol–water partition coefficient (Wildman–Crippen LogP) is 4.07. The zero-order valence-corrected chi connectivity index (χ0v) is 15.6. The van der Waals surface area contributed by atoms with Crippen molar-refractivity contribution in [3.8, 4) is 0 Å². The lowest BCUT2D eigenvalue weighted by Crippen LogP contribution is -2.25. The van der Waals surface area contributed by atoms with Crippen LogP contribution in [0, 0.1) is 10.1 Å². The average Bonchev–Trinajstić information content (AvgIpc) is 2.67. The molecule has 136 valence electrons. The number of halogens is 1. The summed E-state index contributed by atoms with van der Waals surface area (Å²) in [6.45, 7) is 0.0475. The molecule has 8 heteroatoms. The Labute approximate surface area is 163 Å². The van der Waals surface area contributed by atoms with Crippen molar-refractivity contribution in [1.29, 1.82) is 0 Å². The summed E-state index contributed by atoms with van der Waals surface area (Å²) in [5.41, 5.74) is 3.70. The predicted molar refractivity (Wildman–Crippen MR) is 109 cm³/mol. The number of fused-ring (bicyclic) bond motifs is 1. The molecule has 0 aliphatic carbocycles. The van der Waals surface area contributed by atoms with Crippen molar-refractivity contribution in [2.24, 2.45) is 5.10 Å². The maximum atomic E-state index is 12.0. The lowest BCUT2D eigenvalue weighted by atomic mass is 10.1. The van der Waals surface area contributed by atoms with Gasteiger partial charge in [0.15, 0.2) is 0 Å². The molecule has 0 aliphatic rings. The Hall–Kier alpha value is -3.26. The second-order valence-electron chi connectivity index (χ2n) is 5.64. The van der Waals surface area contributed by atoms with Crippen molar-refractivity contribution in [2.75, 3.05) is 11.9 Å². The summed E-state index contributed by atoms with van der Waals surface area (Å²) in [6.07, 6.45) is 1.36. The molecule has 0 radical (unpaired) electrons. The van der Waals surface area contributed by atoms with Crippen molar-refractivity contribution in [2.45, 2.75) is 0 Å². The fourth-order valence-corrected chi connectivity index (χ4v) is 2.91. The summed E-state index contributed by atoms with van der Waals surface area (Å²) in [6, 6.07) is 18.3. The highest BCUT2D eigenvalue weighted by Crippen LogP contribution is 2.25. The van der Waals surface area contributed by atoms with Crippen LogP contribution in [0.4, 0.5) is 11.4 Å². The number of carbonyl (C=O) groups is 1. The van der Waals surface area contributed by atoms with Gasteiger partial charge in [-0.1, -0.05) is 42.5 Å². The van der Waals surface area contributed by atoms with Crippen LogP contribution in [0.2, 0.25) is 0 Å². The second-order valence-corrected chi connectivity index (χ2v) is 6.50. The highest BCUT2D eigenvalue weighted by molar-refractivity contribution is 9.10. The number of hydrogen-bond acceptors (Lipinski definition) is 5. The molecule has 0 fully saturated rings. The molecule has 0 heterocycles. The van der Waals surface area contributed by atoms with Gasteiger partial charge in [-0.15, -0.1) is 0 Å². The van der Waals surface area contributed by atoms with E-state index in [1.165, 1.54) is 12.3 Å². The van der Waals surface area contributed by atoms with Crippen LogP contribution in [0.25, 0.3) is 10.8 Å². The number of hydrogen-bond donors (Lipinski definition) is 2. The molecular weight excluding hydrogens is 412 g/mol. The summed E-state index contributed by atoms with van der Waals surface area (Å²) in [5.74, 6) is -0.328. The van der Waals surface area contributed by atoms with Crippen LogP contribution in [-0.4, -0.2) is 23.6 Å². The third-order valence-electron chi connectivity index (χ3n) is 3.80. The summed E-state index contributed by atoms with van der Waals surface area (Å²) >= 11 is 3.12. The lowest BCUT2D eigenvalue weighted by Gasteiger charge is -2.08. The normalized spacial score (nSPS) is 10.9. The van der Waals surface area contributed by atoms with E-state index in [1.54, 1.807) is 12.1 Å². The minimum Gasteiger partial charge on any atom is -0.376 e.